The number of pyridine rings is 1. The molecular formula is C14H21N3O4. The van der Waals surface area contributed by atoms with E-state index in [0.717, 1.165) is 0 Å². The van der Waals surface area contributed by atoms with E-state index >= 15 is 0 Å². The molecule has 2 N–H and O–H groups in total. The van der Waals surface area contributed by atoms with Gasteiger partial charge in [-0.2, -0.15) is 0 Å². The molecule has 0 aliphatic heterocycles. The van der Waals surface area contributed by atoms with Crippen LogP contribution < -0.4 is 5.73 Å². The van der Waals surface area contributed by atoms with Crippen molar-refractivity contribution in [1.29, 1.82) is 0 Å². The number of hydrogen-bond donors (Lipinski definition) is 1. The van der Waals surface area contributed by atoms with Gasteiger partial charge in [0.05, 0.1) is 25.5 Å². The van der Waals surface area contributed by atoms with Crippen LogP contribution in [0, 0.1) is 0 Å². The zero-order valence-electron chi connectivity index (χ0n) is 12.3. The summed E-state index contributed by atoms with van der Waals surface area (Å²) in [5.74, 6) is -1.23. The van der Waals surface area contributed by atoms with Crippen LogP contribution >= 0.6 is 0 Å². The Morgan fingerprint density at radius 1 is 1.43 bits per heavy atom. The fourth-order valence-corrected chi connectivity index (χ4v) is 1.69. The first-order chi connectivity index (χ1) is 10.1. The highest BCUT2D eigenvalue weighted by molar-refractivity contribution is 6.01. The highest BCUT2D eigenvalue weighted by Crippen LogP contribution is 2.04. The molecule has 1 aromatic rings. The molecule has 7 nitrogen and oxygen atoms in total. The van der Waals surface area contributed by atoms with Crippen LogP contribution in [0.5, 0.6) is 0 Å². The Labute approximate surface area is 124 Å². The van der Waals surface area contributed by atoms with Crippen LogP contribution in [0.4, 0.5) is 0 Å². The average Bonchev–Trinajstić information content (AvgIpc) is 2.51. The van der Waals surface area contributed by atoms with Crippen molar-refractivity contribution < 1.29 is 19.1 Å². The van der Waals surface area contributed by atoms with Gasteiger partial charge in [0, 0.05) is 19.9 Å². The van der Waals surface area contributed by atoms with Crippen molar-refractivity contribution in [1.82, 2.24) is 9.88 Å². The standard InChI is InChI=1S/C14H21N3O4/c1-3-21-14(19)12(15)13(18)17(8-9-20-2)10-11-6-4-5-7-16-11/h4-7,12H,3,8-10,15H2,1-2H3. The molecule has 1 atom stereocenters. The summed E-state index contributed by atoms with van der Waals surface area (Å²) in [5, 5.41) is 0. The van der Waals surface area contributed by atoms with Gasteiger partial charge in [-0.05, 0) is 19.1 Å². The predicted molar refractivity (Wildman–Crippen MR) is 76.1 cm³/mol. The third-order valence-corrected chi connectivity index (χ3v) is 2.76. The predicted octanol–water partition coefficient (Wildman–Crippen LogP) is -0.0530. The fraction of sp³-hybridized carbons (Fsp3) is 0.500. The average molecular weight is 295 g/mol. The Hall–Kier alpha value is -1.99. The van der Waals surface area contributed by atoms with Gasteiger partial charge in [-0.25, -0.2) is 4.79 Å². The van der Waals surface area contributed by atoms with Gasteiger partial charge >= 0.3 is 5.97 Å². The van der Waals surface area contributed by atoms with Crippen LogP contribution in [0.25, 0.3) is 0 Å². The second kappa shape index (κ2) is 9.04. The lowest BCUT2D eigenvalue weighted by Crippen LogP contribution is -2.49. The molecule has 0 bridgehead atoms. The zero-order valence-corrected chi connectivity index (χ0v) is 12.3. The van der Waals surface area contributed by atoms with Gasteiger partial charge in [-0.15, -0.1) is 0 Å². The molecule has 1 heterocycles. The molecule has 21 heavy (non-hydrogen) atoms. The third-order valence-electron chi connectivity index (χ3n) is 2.76. The van der Waals surface area contributed by atoms with Crippen LogP contribution in [0.3, 0.4) is 0 Å². The summed E-state index contributed by atoms with van der Waals surface area (Å²) in [7, 11) is 1.54. The van der Waals surface area contributed by atoms with Crippen molar-refractivity contribution in [3.8, 4) is 0 Å². The Morgan fingerprint density at radius 3 is 2.76 bits per heavy atom. The van der Waals surface area contributed by atoms with Crippen molar-refractivity contribution >= 4 is 11.9 Å². The number of carbonyl (C=O) groups is 2. The molecule has 0 saturated heterocycles. The van der Waals surface area contributed by atoms with Crippen LogP contribution in [0.15, 0.2) is 24.4 Å². The van der Waals surface area contributed by atoms with Gasteiger partial charge < -0.3 is 20.1 Å². The van der Waals surface area contributed by atoms with Crippen LogP contribution in [-0.4, -0.2) is 54.7 Å². The maximum atomic E-state index is 12.3. The van der Waals surface area contributed by atoms with Gasteiger partial charge in [0.1, 0.15) is 0 Å². The number of rotatable bonds is 8. The second-order valence-electron chi connectivity index (χ2n) is 4.30. The summed E-state index contributed by atoms with van der Waals surface area (Å²) in [6.45, 7) is 2.76. The van der Waals surface area contributed by atoms with Crippen molar-refractivity contribution in [2.45, 2.75) is 19.5 Å². The summed E-state index contributed by atoms with van der Waals surface area (Å²) in [4.78, 5) is 29.5. The number of esters is 1. The van der Waals surface area contributed by atoms with Crippen LogP contribution in [0.1, 0.15) is 12.6 Å². The van der Waals surface area contributed by atoms with Gasteiger partial charge in [0.2, 0.25) is 0 Å². The Kier molecular flexibility index (Phi) is 7.34. The molecule has 0 saturated carbocycles. The maximum absolute atomic E-state index is 12.3. The van der Waals surface area contributed by atoms with E-state index in [-0.39, 0.29) is 13.2 Å². The summed E-state index contributed by atoms with van der Waals surface area (Å²) in [6, 6.07) is 4.08. The number of nitrogens with zero attached hydrogens (tertiary/aromatic N) is 2. The molecule has 1 amide bonds. The van der Waals surface area contributed by atoms with Crippen molar-refractivity contribution in [2.75, 3.05) is 26.9 Å². The highest BCUT2D eigenvalue weighted by atomic mass is 16.5. The lowest BCUT2D eigenvalue weighted by Gasteiger charge is -2.24. The number of aromatic nitrogens is 1. The molecular weight excluding hydrogens is 274 g/mol. The van der Waals surface area contributed by atoms with Crippen LogP contribution in [0.2, 0.25) is 0 Å². The molecule has 1 unspecified atom stereocenters. The molecule has 0 aliphatic rings. The second-order valence-corrected chi connectivity index (χ2v) is 4.30. The minimum absolute atomic E-state index is 0.179. The first kappa shape index (κ1) is 17.1. The van der Waals surface area contributed by atoms with Gasteiger partial charge in [0.25, 0.3) is 5.91 Å². The molecule has 7 heteroatoms. The van der Waals surface area contributed by atoms with Crippen molar-refractivity contribution in [3.05, 3.63) is 30.1 Å². The molecule has 0 radical (unpaired) electrons. The lowest BCUT2D eigenvalue weighted by molar-refractivity contribution is -0.151. The summed E-state index contributed by atoms with van der Waals surface area (Å²) < 4.78 is 9.75. The quantitative estimate of drug-likeness (QED) is 0.533. The smallest absolute Gasteiger partial charge is 0.332 e. The number of nitrogens with two attached hydrogens (primary N) is 1. The van der Waals surface area contributed by atoms with E-state index < -0.39 is 17.9 Å². The normalized spacial score (nSPS) is 11.8. The topological polar surface area (TPSA) is 94.8 Å². The number of methoxy groups -OCH3 is 1. The van der Waals surface area contributed by atoms with E-state index in [0.29, 0.717) is 18.8 Å². The summed E-state index contributed by atoms with van der Waals surface area (Å²) in [5.41, 5.74) is 6.35. The first-order valence-corrected chi connectivity index (χ1v) is 6.70. The first-order valence-electron chi connectivity index (χ1n) is 6.70. The van der Waals surface area contributed by atoms with E-state index in [1.165, 1.54) is 12.0 Å². The molecule has 0 aromatic carbocycles. The van der Waals surface area contributed by atoms with Crippen molar-refractivity contribution in [3.63, 3.8) is 0 Å². The van der Waals surface area contributed by atoms with E-state index in [2.05, 4.69) is 4.98 Å². The maximum Gasteiger partial charge on any atom is 0.332 e. The minimum Gasteiger partial charge on any atom is -0.464 e. The Balaban J connectivity index is 2.76. The largest absolute Gasteiger partial charge is 0.464 e. The molecule has 0 spiro atoms. The third kappa shape index (κ3) is 5.49. The van der Waals surface area contributed by atoms with E-state index in [1.807, 2.05) is 6.07 Å². The monoisotopic (exact) mass is 295 g/mol. The number of amides is 1. The molecule has 1 rings (SSSR count). The Morgan fingerprint density at radius 2 is 2.19 bits per heavy atom. The number of carbonyl (C=O) groups excluding carboxylic acids is 2. The van der Waals surface area contributed by atoms with E-state index in [9.17, 15) is 9.59 Å². The highest BCUT2D eigenvalue weighted by Gasteiger charge is 2.28. The molecule has 1 aromatic heterocycles. The van der Waals surface area contributed by atoms with Gasteiger partial charge in [-0.3, -0.25) is 9.78 Å². The van der Waals surface area contributed by atoms with Crippen molar-refractivity contribution in [2.24, 2.45) is 5.73 Å². The number of ether oxygens (including phenoxy) is 2. The molecule has 116 valence electrons. The lowest BCUT2D eigenvalue weighted by atomic mass is 10.2. The van der Waals surface area contributed by atoms with Crippen LogP contribution in [-0.2, 0) is 25.6 Å². The number of hydrogen-bond acceptors (Lipinski definition) is 6. The Bertz CT molecular complexity index is 453. The van der Waals surface area contributed by atoms with E-state index in [4.69, 9.17) is 15.2 Å². The van der Waals surface area contributed by atoms with E-state index in [1.54, 1.807) is 25.3 Å². The summed E-state index contributed by atoms with van der Waals surface area (Å²) in [6.07, 6.45) is 1.64. The summed E-state index contributed by atoms with van der Waals surface area (Å²) >= 11 is 0. The van der Waals surface area contributed by atoms with Gasteiger partial charge in [0.15, 0.2) is 6.04 Å². The molecule has 0 aliphatic carbocycles. The minimum atomic E-state index is -1.33. The van der Waals surface area contributed by atoms with Gasteiger partial charge in [-0.1, -0.05) is 6.07 Å². The molecule has 0 fully saturated rings. The zero-order chi connectivity index (χ0) is 15.7. The SMILES string of the molecule is CCOC(=O)C(N)C(=O)N(CCOC)Cc1ccccn1. The fourth-order valence-electron chi connectivity index (χ4n) is 1.69.